The molecule has 1 aliphatic carbocycles. The van der Waals surface area contributed by atoms with Gasteiger partial charge in [0, 0.05) is 23.1 Å². The molecule has 0 saturated heterocycles. The first kappa shape index (κ1) is 19.8. The third-order valence-corrected chi connectivity index (χ3v) is 7.29. The second kappa shape index (κ2) is 7.10. The average Bonchev–Trinajstić information content (AvgIpc) is 3.04. The fourth-order valence-electron chi connectivity index (χ4n) is 4.05. The molecule has 4 rings (SSSR count). The van der Waals surface area contributed by atoms with Crippen LogP contribution < -0.4 is 9.46 Å². The second-order valence-corrected chi connectivity index (χ2v) is 10.5. The maximum absolute atomic E-state index is 12.8. The van der Waals surface area contributed by atoms with Crippen molar-refractivity contribution in [2.45, 2.75) is 44.9 Å². The number of rotatable bonds is 4. The molecule has 154 valence electrons. The molecule has 0 aliphatic heterocycles. The number of sulfonamides is 1. The normalized spacial score (nSPS) is 17.2. The highest BCUT2D eigenvalue weighted by Gasteiger charge is 2.31. The topological polar surface area (TPSA) is 68.5 Å². The first-order valence-corrected chi connectivity index (χ1v) is 11.4. The van der Waals surface area contributed by atoms with E-state index in [2.05, 4.69) is 25.5 Å². The van der Waals surface area contributed by atoms with Gasteiger partial charge in [-0.1, -0.05) is 20.8 Å². The van der Waals surface area contributed by atoms with Crippen molar-refractivity contribution in [3.63, 3.8) is 0 Å². The van der Waals surface area contributed by atoms with Crippen LogP contribution in [0.3, 0.4) is 0 Å². The summed E-state index contributed by atoms with van der Waals surface area (Å²) >= 11 is 0. The molecule has 0 radical (unpaired) electrons. The Balaban J connectivity index is 1.65. The third-order valence-electron chi connectivity index (χ3n) is 5.89. The van der Waals surface area contributed by atoms with Crippen LogP contribution in [-0.2, 0) is 22.9 Å². The lowest BCUT2D eigenvalue weighted by Crippen LogP contribution is -2.26. The molecule has 1 aromatic heterocycles. The first-order valence-electron chi connectivity index (χ1n) is 9.88. The minimum absolute atomic E-state index is 0.195. The Hall–Kier alpha value is -2.47. The average molecular weight is 414 g/mol. The predicted octanol–water partition coefficient (Wildman–Crippen LogP) is 5.39. The van der Waals surface area contributed by atoms with Gasteiger partial charge in [0.05, 0.1) is 12.0 Å². The van der Waals surface area contributed by atoms with E-state index in [-0.39, 0.29) is 10.3 Å². The summed E-state index contributed by atoms with van der Waals surface area (Å²) in [7, 11) is -2.13. The lowest BCUT2D eigenvalue weighted by atomic mass is 9.71. The Morgan fingerprint density at radius 1 is 1.10 bits per heavy atom. The monoisotopic (exact) mass is 413 g/mol. The Labute approximate surface area is 172 Å². The van der Waals surface area contributed by atoms with Crippen LogP contribution >= 0.6 is 0 Å². The molecule has 0 spiro atoms. The van der Waals surface area contributed by atoms with Gasteiger partial charge in [0.2, 0.25) is 0 Å². The van der Waals surface area contributed by atoms with Crippen molar-refractivity contribution >= 4 is 26.7 Å². The molecule has 0 saturated carbocycles. The molecule has 0 amide bonds. The molecule has 1 unspecified atom stereocenters. The second-order valence-electron chi connectivity index (χ2n) is 8.80. The zero-order valence-corrected chi connectivity index (χ0v) is 18.1. The van der Waals surface area contributed by atoms with Gasteiger partial charge in [-0.15, -0.1) is 0 Å². The minimum atomic E-state index is -3.68. The van der Waals surface area contributed by atoms with Gasteiger partial charge in [0.15, 0.2) is 0 Å². The van der Waals surface area contributed by atoms with Gasteiger partial charge < -0.3 is 9.15 Å². The summed E-state index contributed by atoms with van der Waals surface area (Å²) in [6.07, 6.45) is 3.01. The van der Waals surface area contributed by atoms with E-state index in [1.165, 1.54) is 17.7 Å². The van der Waals surface area contributed by atoms with E-state index in [9.17, 15) is 8.42 Å². The summed E-state index contributed by atoms with van der Waals surface area (Å²) in [6, 6.07) is 11.8. The van der Waals surface area contributed by atoms with Crippen molar-refractivity contribution in [3.8, 4) is 5.75 Å². The third kappa shape index (κ3) is 3.86. The SMILES string of the molecule is COc1ccc(S(=O)(=O)Nc2ccc3oc4c(c3c2)CC(C(C)(C)C)CC4)cc1. The van der Waals surface area contributed by atoms with Crippen LogP contribution in [0.15, 0.2) is 51.8 Å². The Morgan fingerprint density at radius 3 is 2.48 bits per heavy atom. The number of furan rings is 1. The van der Waals surface area contributed by atoms with E-state index in [1.54, 1.807) is 25.3 Å². The van der Waals surface area contributed by atoms with E-state index < -0.39 is 10.0 Å². The number of aryl methyl sites for hydroxylation is 1. The minimum Gasteiger partial charge on any atom is -0.497 e. The number of methoxy groups -OCH3 is 1. The van der Waals surface area contributed by atoms with Crippen LogP contribution in [0, 0.1) is 11.3 Å². The van der Waals surface area contributed by atoms with Crippen LogP contribution in [-0.4, -0.2) is 15.5 Å². The fraction of sp³-hybridized carbons (Fsp3) is 0.391. The van der Waals surface area contributed by atoms with Gasteiger partial charge in [-0.25, -0.2) is 8.42 Å². The van der Waals surface area contributed by atoms with Crippen molar-refractivity contribution in [2.75, 3.05) is 11.8 Å². The Kier molecular flexibility index (Phi) is 4.85. The summed E-state index contributed by atoms with van der Waals surface area (Å²) in [5, 5.41) is 1.00. The summed E-state index contributed by atoms with van der Waals surface area (Å²) in [4.78, 5) is 0.195. The summed E-state index contributed by atoms with van der Waals surface area (Å²) < 4.78 is 39.4. The van der Waals surface area contributed by atoms with Crippen LogP contribution in [0.2, 0.25) is 0 Å². The molecule has 1 atom stereocenters. The van der Waals surface area contributed by atoms with E-state index in [0.717, 1.165) is 36.0 Å². The molecule has 3 aromatic rings. The zero-order chi connectivity index (χ0) is 20.8. The number of hydrogen-bond acceptors (Lipinski definition) is 4. The van der Waals surface area contributed by atoms with Gasteiger partial charge in [-0.2, -0.15) is 0 Å². The number of benzene rings is 2. The van der Waals surface area contributed by atoms with Gasteiger partial charge >= 0.3 is 0 Å². The van der Waals surface area contributed by atoms with E-state index in [4.69, 9.17) is 9.15 Å². The van der Waals surface area contributed by atoms with Crippen LogP contribution in [0.25, 0.3) is 11.0 Å². The molecular formula is C23H27NO4S. The standard InChI is InChI=1S/C23H27NO4S/c1-23(2,3)15-5-11-21-19(13-15)20-14-16(6-12-22(20)28-21)24-29(25,26)18-9-7-17(27-4)8-10-18/h6-10,12,14-15,24H,5,11,13H2,1-4H3. The van der Waals surface area contributed by atoms with Crippen LogP contribution in [0.5, 0.6) is 5.75 Å². The number of hydrogen-bond donors (Lipinski definition) is 1. The maximum Gasteiger partial charge on any atom is 0.261 e. The van der Waals surface area contributed by atoms with Gasteiger partial charge in [-0.05, 0) is 66.6 Å². The van der Waals surface area contributed by atoms with Crippen molar-refractivity contribution in [1.82, 2.24) is 0 Å². The molecule has 6 heteroatoms. The molecule has 0 fully saturated rings. The number of ether oxygens (including phenoxy) is 1. The van der Waals surface area contributed by atoms with Gasteiger partial charge in [0.25, 0.3) is 10.0 Å². The van der Waals surface area contributed by atoms with Crippen LogP contribution in [0.4, 0.5) is 5.69 Å². The Bertz CT molecular complexity index is 1140. The highest BCUT2D eigenvalue weighted by Crippen LogP contribution is 2.41. The summed E-state index contributed by atoms with van der Waals surface area (Å²) in [5.41, 5.74) is 2.80. The molecule has 5 nitrogen and oxygen atoms in total. The Morgan fingerprint density at radius 2 is 1.83 bits per heavy atom. The largest absolute Gasteiger partial charge is 0.497 e. The smallest absolute Gasteiger partial charge is 0.261 e. The number of nitrogens with one attached hydrogen (secondary N) is 1. The molecular weight excluding hydrogens is 386 g/mol. The lowest BCUT2D eigenvalue weighted by Gasteiger charge is -2.33. The van der Waals surface area contributed by atoms with E-state index >= 15 is 0 Å². The maximum atomic E-state index is 12.8. The quantitative estimate of drug-likeness (QED) is 0.622. The first-order chi connectivity index (χ1) is 13.7. The molecule has 1 heterocycles. The van der Waals surface area contributed by atoms with Gasteiger partial charge in [0.1, 0.15) is 17.1 Å². The number of anilines is 1. The molecule has 29 heavy (non-hydrogen) atoms. The molecule has 2 aromatic carbocycles. The predicted molar refractivity (Wildman–Crippen MR) is 115 cm³/mol. The summed E-state index contributed by atoms with van der Waals surface area (Å²) in [5.74, 6) is 2.23. The fourth-order valence-corrected chi connectivity index (χ4v) is 5.10. The van der Waals surface area contributed by atoms with Crippen molar-refractivity contribution in [2.24, 2.45) is 11.3 Å². The van der Waals surface area contributed by atoms with Gasteiger partial charge in [-0.3, -0.25) is 4.72 Å². The van der Waals surface area contributed by atoms with Crippen LogP contribution in [0.1, 0.15) is 38.5 Å². The van der Waals surface area contributed by atoms with E-state index in [0.29, 0.717) is 17.4 Å². The lowest BCUT2D eigenvalue weighted by molar-refractivity contribution is 0.210. The molecule has 1 N–H and O–H groups in total. The zero-order valence-electron chi connectivity index (χ0n) is 17.3. The molecule has 1 aliphatic rings. The number of fused-ring (bicyclic) bond motifs is 3. The highest BCUT2D eigenvalue weighted by molar-refractivity contribution is 7.92. The van der Waals surface area contributed by atoms with E-state index in [1.807, 2.05) is 12.1 Å². The van der Waals surface area contributed by atoms with Crippen molar-refractivity contribution in [3.05, 3.63) is 53.8 Å². The molecule has 0 bridgehead atoms. The highest BCUT2D eigenvalue weighted by atomic mass is 32.2. The summed E-state index contributed by atoms with van der Waals surface area (Å²) in [6.45, 7) is 6.83. The van der Waals surface area contributed by atoms with Crippen molar-refractivity contribution < 1.29 is 17.6 Å². The van der Waals surface area contributed by atoms with Crippen molar-refractivity contribution in [1.29, 1.82) is 0 Å².